The van der Waals surface area contributed by atoms with Crippen LogP contribution < -0.4 is 5.73 Å². The Hall–Kier alpha value is -1.72. The molecule has 0 amide bonds. The second-order valence-electron chi connectivity index (χ2n) is 3.41. The minimum atomic E-state index is -0.227. The van der Waals surface area contributed by atoms with E-state index in [0.29, 0.717) is 12.4 Å². The highest BCUT2D eigenvalue weighted by Gasteiger charge is 2.18. The highest BCUT2D eigenvalue weighted by molar-refractivity contribution is 5.24. The van der Waals surface area contributed by atoms with Gasteiger partial charge in [-0.3, -0.25) is 0 Å². The molecule has 1 heterocycles. The van der Waals surface area contributed by atoms with Crippen LogP contribution in [0.15, 0.2) is 34.9 Å². The van der Waals surface area contributed by atoms with E-state index in [-0.39, 0.29) is 18.3 Å². The maximum atomic E-state index is 8.86. The lowest BCUT2D eigenvalue weighted by Gasteiger charge is -2.09. The maximum absolute atomic E-state index is 8.86. The van der Waals surface area contributed by atoms with Crippen molar-refractivity contribution in [3.8, 4) is 0 Å². The van der Waals surface area contributed by atoms with Crippen molar-refractivity contribution in [3.63, 3.8) is 0 Å². The Labute approximate surface area is 92.9 Å². The molecule has 0 saturated heterocycles. The molecule has 1 aromatic heterocycles. The fraction of sp³-hybridized carbons (Fsp3) is 0.273. The van der Waals surface area contributed by atoms with Crippen molar-refractivity contribution in [2.75, 3.05) is 6.54 Å². The van der Waals surface area contributed by atoms with Crippen LogP contribution in [-0.4, -0.2) is 21.8 Å². The number of rotatable bonds is 4. The number of hydrogen-bond acceptors (Lipinski definition) is 5. The lowest BCUT2D eigenvalue weighted by Crippen LogP contribution is -2.14. The van der Waals surface area contributed by atoms with Gasteiger partial charge < -0.3 is 15.4 Å². The molecule has 0 spiro atoms. The zero-order valence-corrected chi connectivity index (χ0v) is 8.71. The fourth-order valence-electron chi connectivity index (χ4n) is 1.54. The zero-order valence-electron chi connectivity index (χ0n) is 8.71. The lowest BCUT2D eigenvalue weighted by atomic mass is 9.99. The second-order valence-corrected chi connectivity index (χ2v) is 3.41. The van der Waals surface area contributed by atoms with Gasteiger partial charge in [-0.25, -0.2) is 0 Å². The van der Waals surface area contributed by atoms with E-state index in [2.05, 4.69) is 10.1 Å². The Morgan fingerprint density at radius 1 is 1.31 bits per heavy atom. The largest absolute Gasteiger partial charge is 0.388 e. The third-order valence-electron chi connectivity index (χ3n) is 2.36. The highest BCUT2D eigenvalue weighted by atomic mass is 16.5. The van der Waals surface area contributed by atoms with Crippen molar-refractivity contribution in [1.29, 1.82) is 0 Å². The predicted octanol–water partition coefficient (Wildman–Crippen LogP) is 0.652. The van der Waals surface area contributed by atoms with Crippen LogP contribution in [0.5, 0.6) is 0 Å². The summed E-state index contributed by atoms with van der Waals surface area (Å²) in [7, 11) is 0. The van der Waals surface area contributed by atoms with Gasteiger partial charge >= 0.3 is 0 Å². The van der Waals surface area contributed by atoms with E-state index in [1.807, 2.05) is 30.3 Å². The van der Waals surface area contributed by atoms with E-state index in [0.717, 1.165) is 5.56 Å². The van der Waals surface area contributed by atoms with Crippen molar-refractivity contribution in [1.82, 2.24) is 10.1 Å². The second kappa shape index (κ2) is 4.87. The van der Waals surface area contributed by atoms with Crippen LogP contribution >= 0.6 is 0 Å². The Bertz CT molecular complexity index is 442. The molecule has 0 bridgehead atoms. The minimum Gasteiger partial charge on any atom is -0.388 e. The summed E-state index contributed by atoms with van der Waals surface area (Å²) in [6, 6.07) is 9.72. The van der Waals surface area contributed by atoms with Crippen LogP contribution in [-0.2, 0) is 6.61 Å². The van der Waals surface area contributed by atoms with Gasteiger partial charge in [0.25, 0.3) is 0 Å². The van der Waals surface area contributed by atoms with Crippen LogP contribution in [0.4, 0.5) is 0 Å². The number of aliphatic hydroxyl groups excluding tert-OH is 1. The average Bonchev–Trinajstić information content (AvgIpc) is 2.80. The van der Waals surface area contributed by atoms with E-state index in [4.69, 9.17) is 15.4 Å². The van der Waals surface area contributed by atoms with E-state index >= 15 is 0 Å². The zero-order chi connectivity index (χ0) is 11.4. The first-order valence-corrected chi connectivity index (χ1v) is 5.03. The average molecular weight is 219 g/mol. The number of aliphatic hydroxyl groups is 1. The minimum absolute atomic E-state index is 0.117. The molecule has 1 atom stereocenters. The number of aromatic nitrogens is 2. The predicted molar refractivity (Wildman–Crippen MR) is 57.6 cm³/mol. The molecular weight excluding hydrogens is 206 g/mol. The van der Waals surface area contributed by atoms with Gasteiger partial charge in [0, 0.05) is 6.54 Å². The first kappa shape index (κ1) is 10.8. The molecule has 0 radical (unpaired) electrons. The van der Waals surface area contributed by atoms with Crippen LogP contribution in [0.25, 0.3) is 0 Å². The van der Waals surface area contributed by atoms with E-state index < -0.39 is 0 Å². The monoisotopic (exact) mass is 219 g/mol. The summed E-state index contributed by atoms with van der Waals surface area (Å²) < 4.78 is 5.06. The molecule has 84 valence electrons. The smallest absolute Gasteiger partial charge is 0.235 e. The van der Waals surface area contributed by atoms with E-state index in [9.17, 15) is 0 Å². The molecule has 5 nitrogen and oxygen atoms in total. The van der Waals surface area contributed by atoms with Gasteiger partial charge in [-0.05, 0) is 5.56 Å². The number of hydrogen-bond donors (Lipinski definition) is 2. The van der Waals surface area contributed by atoms with Crippen molar-refractivity contribution in [3.05, 3.63) is 47.6 Å². The van der Waals surface area contributed by atoms with Crippen molar-refractivity contribution in [2.45, 2.75) is 12.5 Å². The van der Waals surface area contributed by atoms with E-state index in [1.165, 1.54) is 0 Å². The Morgan fingerprint density at radius 2 is 2.06 bits per heavy atom. The number of nitrogens with zero attached hydrogens (tertiary/aromatic N) is 2. The van der Waals surface area contributed by atoms with Gasteiger partial charge in [0.15, 0.2) is 5.82 Å². The molecule has 0 aliphatic carbocycles. The van der Waals surface area contributed by atoms with Crippen LogP contribution in [0, 0.1) is 0 Å². The molecule has 0 fully saturated rings. The molecule has 1 unspecified atom stereocenters. The molecule has 2 rings (SSSR count). The normalized spacial score (nSPS) is 12.6. The molecule has 1 aromatic carbocycles. The summed E-state index contributed by atoms with van der Waals surface area (Å²) in [6.07, 6.45) is 0. The number of nitrogens with two attached hydrogens (primary N) is 1. The summed E-state index contributed by atoms with van der Waals surface area (Å²) in [5.74, 6) is 0.608. The quantitative estimate of drug-likeness (QED) is 0.788. The van der Waals surface area contributed by atoms with Crippen molar-refractivity contribution < 1.29 is 9.63 Å². The van der Waals surface area contributed by atoms with Gasteiger partial charge in [-0.2, -0.15) is 4.98 Å². The van der Waals surface area contributed by atoms with E-state index in [1.54, 1.807) is 0 Å². The summed E-state index contributed by atoms with van der Waals surface area (Å²) >= 11 is 0. The van der Waals surface area contributed by atoms with Crippen LogP contribution in [0.1, 0.15) is 23.2 Å². The van der Waals surface area contributed by atoms with Crippen LogP contribution in [0.2, 0.25) is 0 Å². The third-order valence-corrected chi connectivity index (χ3v) is 2.36. The summed E-state index contributed by atoms with van der Waals surface area (Å²) in [5, 5.41) is 12.5. The molecule has 16 heavy (non-hydrogen) atoms. The molecule has 0 aliphatic rings. The van der Waals surface area contributed by atoms with Gasteiger partial charge in [0.1, 0.15) is 6.61 Å². The fourth-order valence-corrected chi connectivity index (χ4v) is 1.54. The van der Waals surface area contributed by atoms with Gasteiger partial charge in [-0.1, -0.05) is 35.5 Å². The summed E-state index contributed by atoms with van der Waals surface area (Å²) in [6.45, 7) is 0.159. The highest BCUT2D eigenvalue weighted by Crippen LogP contribution is 2.21. The molecule has 5 heteroatoms. The molecular formula is C11H13N3O2. The van der Waals surface area contributed by atoms with Gasteiger partial charge in [-0.15, -0.1) is 0 Å². The third kappa shape index (κ3) is 2.10. The van der Waals surface area contributed by atoms with Gasteiger partial charge in [0.2, 0.25) is 5.89 Å². The van der Waals surface area contributed by atoms with Crippen molar-refractivity contribution >= 4 is 0 Å². The number of benzene rings is 1. The van der Waals surface area contributed by atoms with Gasteiger partial charge in [0.05, 0.1) is 5.92 Å². The Kier molecular flexibility index (Phi) is 3.28. The molecule has 3 N–H and O–H groups in total. The molecule has 0 aliphatic heterocycles. The Morgan fingerprint density at radius 3 is 2.62 bits per heavy atom. The molecule has 2 aromatic rings. The lowest BCUT2D eigenvalue weighted by molar-refractivity contribution is 0.262. The summed E-state index contributed by atoms with van der Waals surface area (Å²) in [5.41, 5.74) is 6.72. The summed E-state index contributed by atoms with van der Waals surface area (Å²) in [4.78, 5) is 4.07. The molecule has 0 saturated carbocycles. The standard InChI is InChI=1S/C11H13N3O2/c12-6-9(8-4-2-1-3-5-8)11-13-10(7-15)14-16-11/h1-5,9,15H,6-7,12H2. The first-order valence-electron chi connectivity index (χ1n) is 5.03. The maximum Gasteiger partial charge on any atom is 0.235 e. The van der Waals surface area contributed by atoms with Crippen molar-refractivity contribution in [2.24, 2.45) is 5.73 Å². The SMILES string of the molecule is NCC(c1ccccc1)c1nc(CO)no1. The topological polar surface area (TPSA) is 85.2 Å². The van der Waals surface area contributed by atoms with Crippen LogP contribution in [0.3, 0.4) is 0 Å². The Balaban J connectivity index is 2.29. The first-order chi connectivity index (χ1) is 7.85.